The number of rotatable bonds is 4. The molecule has 2 rings (SSSR count). The second-order valence-corrected chi connectivity index (χ2v) is 4.32. The SMILES string of the molecule is Cn1ncc(NCCN)c1-c1ccc(C(F)(F)F)cc1. The van der Waals surface area contributed by atoms with Crippen LogP contribution >= 0.6 is 0 Å². The van der Waals surface area contributed by atoms with E-state index >= 15 is 0 Å². The van der Waals surface area contributed by atoms with Crippen molar-refractivity contribution in [2.45, 2.75) is 6.18 Å². The van der Waals surface area contributed by atoms with Crippen LogP contribution in [0.25, 0.3) is 11.3 Å². The molecule has 0 bridgehead atoms. The Kier molecular flexibility index (Phi) is 3.99. The lowest BCUT2D eigenvalue weighted by molar-refractivity contribution is -0.137. The lowest BCUT2D eigenvalue weighted by Crippen LogP contribution is -2.13. The predicted molar refractivity (Wildman–Crippen MR) is 71.2 cm³/mol. The number of anilines is 1. The van der Waals surface area contributed by atoms with Gasteiger partial charge in [-0.25, -0.2) is 0 Å². The van der Waals surface area contributed by atoms with Crippen molar-refractivity contribution in [3.8, 4) is 11.3 Å². The molecular weight excluding hydrogens is 269 g/mol. The van der Waals surface area contributed by atoms with Gasteiger partial charge in [0.15, 0.2) is 0 Å². The average molecular weight is 284 g/mol. The molecule has 0 spiro atoms. The fourth-order valence-electron chi connectivity index (χ4n) is 1.93. The molecule has 0 aliphatic carbocycles. The van der Waals surface area contributed by atoms with Crippen molar-refractivity contribution in [3.63, 3.8) is 0 Å². The van der Waals surface area contributed by atoms with Gasteiger partial charge in [0.25, 0.3) is 0 Å². The maximum Gasteiger partial charge on any atom is 0.416 e. The van der Waals surface area contributed by atoms with E-state index in [9.17, 15) is 13.2 Å². The maximum absolute atomic E-state index is 12.5. The molecule has 2 aromatic rings. The van der Waals surface area contributed by atoms with Gasteiger partial charge in [-0.3, -0.25) is 4.68 Å². The lowest BCUT2D eigenvalue weighted by Gasteiger charge is -2.10. The summed E-state index contributed by atoms with van der Waals surface area (Å²) in [6.45, 7) is 1.03. The fourth-order valence-corrected chi connectivity index (χ4v) is 1.93. The number of aryl methyl sites for hydroxylation is 1. The van der Waals surface area contributed by atoms with Crippen LogP contribution in [0.5, 0.6) is 0 Å². The minimum Gasteiger partial charge on any atom is -0.381 e. The third-order valence-corrected chi connectivity index (χ3v) is 2.88. The molecule has 1 aromatic heterocycles. The van der Waals surface area contributed by atoms with Gasteiger partial charge in [-0.15, -0.1) is 0 Å². The van der Waals surface area contributed by atoms with Gasteiger partial charge in [0.1, 0.15) is 0 Å². The zero-order valence-corrected chi connectivity index (χ0v) is 10.9. The average Bonchev–Trinajstić information content (AvgIpc) is 2.76. The molecule has 0 unspecified atom stereocenters. The Balaban J connectivity index is 2.34. The largest absolute Gasteiger partial charge is 0.416 e. The smallest absolute Gasteiger partial charge is 0.381 e. The molecule has 3 N–H and O–H groups in total. The number of benzene rings is 1. The van der Waals surface area contributed by atoms with Crippen LogP contribution in [0, 0.1) is 0 Å². The molecule has 0 aliphatic rings. The highest BCUT2D eigenvalue weighted by Crippen LogP contribution is 2.32. The Morgan fingerprint density at radius 3 is 2.45 bits per heavy atom. The van der Waals surface area contributed by atoms with Gasteiger partial charge < -0.3 is 11.1 Å². The van der Waals surface area contributed by atoms with Crippen LogP contribution in [0.4, 0.5) is 18.9 Å². The van der Waals surface area contributed by atoms with Crippen molar-refractivity contribution in [1.29, 1.82) is 0 Å². The molecule has 7 heteroatoms. The molecular formula is C13H15F3N4. The molecule has 0 saturated heterocycles. The first kappa shape index (κ1) is 14.4. The summed E-state index contributed by atoms with van der Waals surface area (Å²) in [7, 11) is 1.74. The van der Waals surface area contributed by atoms with Gasteiger partial charge >= 0.3 is 6.18 Å². The van der Waals surface area contributed by atoms with E-state index in [4.69, 9.17) is 5.73 Å². The number of alkyl halides is 3. The predicted octanol–water partition coefficient (Wildman–Crippen LogP) is 2.48. The lowest BCUT2D eigenvalue weighted by atomic mass is 10.1. The Morgan fingerprint density at radius 1 is 1.25 bits per heavy atom. The molecule has 0 radical (unpaired) electrons. The summed E-state index contributed by atoms with van der Waals surface area (Å²) in [5.41, 5.74) is 6.90. The minimum absolute atomic E-state index is 0.460. The summed E-state index contributed by atoms with van der Waals surface area (Å²) in [6.07, 6.45) is -2.70. The van der Waals surface area contributed by atoms with Crippen molar-refractivity contribution in [1.82, 2.24) is 9.78 Å². The molecule has 0 atom stereocenters. The highest BCUT2D eigenvalue weighted by molar-refractivity contribution is 5.74. The van der Waals surface area contributed by atoms with Gasteiger partial charge in [-0.1, -0.05) is 12.1 Å². The molecule has 20 heavy (non-hydrogen) atoms. The van der Waals surface area contributed by atoms with Crippen LogP contribution in [-0.2, 0) is 13.2 Å². The van der Waals surface area contributed by atoms with Gasteiger partial charge in [0.2, 0.25) is 0 Å². The Hall–Kier alpha value is -2.02. The van der Waals surface area contributed by atoms with Crippen molar-refractivity contribution in [2.24, 2.45) is 12.8 Å². The Bertz CT molecular complexity index is 572. The first-order chi connectivity index (χ1) is 9.43. The van der Waals surface area contributed by atoms with E-state index in [2.05, 4.69) is 10.4 Å². The maximum atomic E-state index is 12.5. The van der Waals surface area contributed by atoms with E-state index < -0.39 is 11.7 Å². The zero-order valence-electron chi connectivity index (χ0n) is 10.9. The van der Waals surface area contributed by atoms with E-state index in [-0.39, 0.29) is 0 Å². The topological polar surface area (TPSA) is 55.9 Å². The monoisotopic (exact) mass is 284 g/mol. The second kappa shape index (κ2) is 5.54. The Morgan fingerprint density at radius 2 is 1.90 bits per heavy atom. The first-order valence-corrected chi connectivity index (χ1v) is 6.07. The van der Waals surface area contributed by atoms with Crippen molar-refractivity contribution in [2.75, 3.05) is 18.4 Å². The first-order valence-electron chi connectivity index (χ1n) is 6.07. The summed E-state index contributed by atoms with van der Waals surface area (Å²) < 4.78 is 39.2. The van der Waals surface area contributed by atoms with Crippen LogP contribution < -0.4 is 11.1 Å². The number of hydrogen-bond acceptors (Lipinski definition) is 3. The Labute approximate surface area is 114 Å². The van der Waals surface area contributed by atoms with E-state index in [0.717, 1.165) is 23.5 Å². The van der Waals surface area contributed by atoms with E-state index in [0.29, 0.717) is 18.7 Å². The molecule has 1 heterocycles. The molecule has 0 aliphatic heterocycles. The summed E-state index contributed by atoms with van der Waals surface area (Å²) in [5, 5.41) is 7.20. The van der Waals surface area contributed by atoms with Gasteiger partial charge in [-0.2, -0.15) is 18.3 Å². The highest BCUT2D eigenvalue weighted by Gasteiger charge is 2.30. The number of nitrogens with one attached hydrogen (secondary N) is 1. The number of aromatic nitrogens is 2. The van der Waals surface area contributed by atoms with Crippen LogP contribution in [0.3, 0.4) is 0 Å². The normalized spacial score (nSPS) is 11.7. The van der Waals surface area contributed by atoms with Crippen LogP contribution in [-0.4, -0.2) is 22.9 Å². The highest BCUT2D eigenvalue weighted by atomic mass is 19.4. The molecule has 108 valence electrons. The van der Waals surface area contributed by atoms with Gasteiger partial charge in [-0.05, 0) is 12.1 Å². The second-order valence-electron chi connectivity index (χ2n) is 4.32. The molecule has 0 saturated carbocycles. The molecule has 0 amide bonds. The van der Waals surface area contributed by atoms with Crippen LogP contribution in [0.2, 0.25) is 0 Å². The molecule has 0 fully saturated rings. The van der Waals surface area contributed by atoms with E-state index in [1.54, 1.807) is 17.9 Å². The van der Waals surface area contributed by atoms with E-state index in [1.165, 1.54) is 12.1 Å². The number of halogens is 3. The summed E-state index contributed by atoms with van der Waals surface area (Å²) >= 11 is 0. The van der Waals surface area contributed by atoms with Crippen molar-refractivity contribution in [3.05, 3.63) is 36.0 Å². The van der Waals surface area contributed by atoms with Gasteiger partial charge in [0, 0.05) is 25.7 Å². The standard InChI is InChI=1S/C13H15F3N4/c1-20-12(11(8-19-20)18-7-6-17)9-2-4-10(5-3-9)13(14,15)16/h2-5,8,18H,6-7,17H2,1H3. The number of nitrogens with two attached hydrogens (primary N) is 1. The van der Waals surface area contributed by atoms with Gasteiger partial charge in [0.05, 0.1) is 23.1 Å². The van der Waals surface area contributed by atoms with Crippen molar-refractivity contribution < 1.29 is 13.2 Å². The van der Waals surface area contributed by atoms with Crippen molar-refractivity contribution >= 4 is 5.69 Å². The zero-order chi connectivity index (χ0) is 14.8. The van der Waals surface area contributed by atoms with E-state index in [1.807, 2.05) is 0 Å². The van der Waals surface area contributed by atoms with Crippen LogP contribution in [0.1, 0.15) is 5.56 Å². The number of hydrogen-bond donors (Lipinski definition) is 2. The fraction of sp³-hybridized carbons (Fsp3) is 0.308. The number of nitrogens with zero attached hydrogens (tertiary/aromatic N) is 2. The quantitative estimate of drug-likeness (QED) is 0.907. The minimum atomic E-state index is -4.33. The summed E-state index contributed by atoms with van der Waals surface area (Å²) in [5.74, 6) is 0. The molecule has 4 nitrogen and oxygen atoms in total. The van der Waals surface area contributed by atoms with Crippen LogP contribution in [0.15, 0.2) is 30.5 Å². The third-order valence-electron chi connectivity index (χ3n) is 2.88. The molecule has 1 aromatic carbocycles. The third kappa shape index (κ3) is 2.93. The summed E-state index contributed by atoms with van der Waals surface area (Å²) in [4.78, 5) is 0. The summed E-state index contributed by atoms with van der Waals surface area (Å²) in [6, 6.07) is 5.00.